The molecule has 3 rings (SSSR count). The molecule has 1 aromatic heterocycles. The maximum absolute atomic E-state index is 4.49. The average molecular weight is 335 g/mol. The zero-order valence-electron chi connectivity index (χ0n) is 15.3. The molecular formula is C20H25N5. The minimum atomic E-state index is 0.496. The molecule has 25 heavy (non-hydrogen) atoms. The van der Waals surface area contributed by atoms with Crippen molar-refractivity contribution in [2.24, 2.45) is 5.92 Å². The van der Waals surface area contributed by atoms with Crippen molar-refractivity contribution in [3.63, 3.8) is 0 Å². The van der Waals surface area contributed by atoms with Crippen LogP contribution in [-0.2, 0) is 6.54 Å². The van der Waals surface area contributed by atoms with Crippen LogP contribution in [0, 0.1) is 12.8 Å². The van der Waals surface area contributed by atoms with Gasteiger partial charge in [-0.3, -0.25) is 0 Å². The summed E-state index contributed by atoms with van der Waals surface area (Å²) >= 11 is 0. The number of rotatable bonds is 6. The average Bonchev–Trinajstić information content (AvgIpc) is 3.10. The van der Waals surface area contributed by atoms with Gasteiger partial charge in [-0.2, -0.15) is 0 Å². The van der Waals surface area contributed by atoms with E-state index in [9.17, 15) is 0 Å². The lowest BCUT2D eigenvalue weighted by Crippen LogP contribution is -2.30. The molecule has 1 N–H and O–H groups in total. The first-order chi connectivity index (χ1) is 12.0. The van der Waals surface area contributed by atoms with Crippen LogP contribution in [0.3, 0.4) is 0 Å². The Bertz CT molecular complexity index is 803. The van der Waals surface area contributed by atoms with Crippen molar-refractivity contribution < 1.29 is 0 Å². The van der Waals surface area contributed by atoms with E-state index in [2.05, 4.69) is 60.6 Å². The molecule has 2 aromatic carbocycles. The number of hydrogen-bond acceptors (Lipinski definition) is 4. The van der Waals surface area contributed by atoms with E-state index in [4.69, 9.17) is 0 Å². The van der Waals surface area contributed by atoms with Crippen LogP contribution >= 0.6 is 0 Å². The number of aromatic nitrogens is 4. The second-order valence-electron chi connectivity index (χ2n) is 6.85. The lowest BCUT2D eigenvalue weighted by molar-refractivity contribution is 0.426. The molecule has 0 aliphatic heterocycles. The van der Waals surface area contributed by atoms with Gasteiger partial charge in [-0.25, -0.2) is 0 Å². The third-order valence-electron chi connectivity index (χ3n) is 4.52. The molecule has 0 saturated heterocycles. The van der Waals surface area contributed by atoms with Crippen molar-refractivity contribution in [2.75, 3.05) is 0 Å². The minimum Gasteiger partial charge on any atom is -0.310 e. The van der Waals surface area contributed by atoms with Gasteiger partial charge in [0.2, 0.25) is 5.82 Å². The maximum atomic E-state index is 4.49. The molecule has 1 heterocycles. The molecule has 1 atom stereocenters. The highest BCUT2D eigenvalue weighted by Gasteiger charge is 2.09. The van der Waals surface area contributed by atoms with Gasteiger partial charge in [0, 0.05) is 18.2 Å². The number of benzene rings is 2. The second-order valence-corrected chi connectivity index (χ2v) is 6.85. The molecular weight excluding hydrogens is 310 g/mol. The van der Waals surface area contributed by atoms with E-state index < -0.39 is 0 Å². The highest BCUT2D eigenvalue weighted by atomic mass is 15.6. The third-order valence-corrected chi connectivity index (χ3v) is 4.52. The van der Waals surface area contributed by atoms with Crippen molar-refractivity contribution in [1.82, 2.24) is 25.5 Å². The van der Waals surface area contributed by atoms with Crippen LogP contribution in [0.25, 0.3) is 17.1 Å². The molecule has 0 unspecified atom stereocenters. The van der Waals surface area contributed by atoms with Gasteiger partial charge in [0.1, 0.15) is 0 Å². The van der Waals surface area contributed by atoms with Crippen LogP contribution in [0.5, 0.6) is 0 Å². The van der Waals surface area contributed by atoms with E-state index in [1.165, 1.54) is 11.1 Å². The van der Waals surface area contributed by atoms with Gasteiger partial charge in [0.25, 0.3) is 0 Å². The first kappa shape index (κ1) is 17.3. The molecule has 0 aliphatic rings. The zero-order chi connectivity index (χ0) is 17.8. The summed E-state index contributed by atoms with van der Waals surface area (Å²) in [6.45, 7) is 9.59. The number of nitrogens with one attached hydrogen (secondary N) is 1. The van der Waals surface area contributed by atoms with E-state index in [0.29, 0.717) is 17.8 Å². The van der Waals surface area contributed by atoms with Crippen molar-refractivity contribution in [2.45, 2.75) is 40.3 Å². The highest BCUT2D eigenvalue weighted by Crippen LogP contribution is 2.16. The number of tetrazole rings is 1. The second kappa shape index (κ2) is 7.57. The molecule has 0 fully saturated rings. The largest absolute Gasteiger partial charge is 0.310 e. The third kappa shape index (κ3) is 4.31. The van der Waals surface area contributed by atoms with Gasteiger partial charge in [0.05, 0.1) is 5.69 Å². The summed E-state index contributed by atoms with van der Waals surface area (Å²) in [5, 5.41) is 16.4. The van der Waals surface area contributed by atoms with Crippen molar-refractivity contribution in [1.29, 1.82) is 0 Å². The quantitative estimate of drug-likeness (QED) is 0.745. The first-order valence-electron chi connectivity index (χ1n) is 8.72. The van der Waals surface area contributed by atoms with Crippen LogP contribution in [-0.4, -0.2) is 26.2 Å². The normalized spacial score (nSPS) is 12.5. The van der Waals surface area contributed by atoms with Crippen LogP contribution in [0.15, 0.2) is 48.5 Å². The smallest absolute Gasteiger partial charge is 0.205 e. The number of aryl methyl sites for hydroxylation is 1. The maximum Gasteiger partial charge on any atom is 0.205 e. The Balaban J connectivity index is 1.69. The minimum absolute atomic E-state index is 0.496. The first-order valence-corrected chi connectivity index (χ1v) is 8.72. The highest BCUT2D eigenvalue weighted by molar-refractivity contribution is 5.54. The fourth-order valence-corrected chi connectivity index (χ4v) is 2.40. The van der Waals surface area contributed by atoms with E-state index in [1.807, 2.05) is 36.4 Å². The number of nitrogens with zero attached hydrogens (tertiary/aromatic N) is 4. The van der Waals surface area contributed by atoms with Crippen molar-refractivity contribution in [3.8, 4) is 17.1 Å². The van der Waals surface area contributed by atoms with Gasteiger partial charge in [0.15, 0.2) is 0 Å². The summed E-state index contributed by atoms with van der Waals surface area (Å²) in [4.78, 5) is 1.56. The Labute approximate surface area is 149 Å². The standard InChI is InChI=1S/C20H25N5/c1-14(2)16(4)21-13-17-7-9-18(10-8-17)20-22-24-25(23-20)19-11-5-15(3)6-12-19/h5-12,14,16,21H,13H2,1-4H3/t16-/m0/s1. The van der Waals surface area contributed by atoms with Crippen LogP contribution in [0.1, 0.15) is 31.9 Å². The molecule has 0 amide bonds. The van der Waals surface area contributed by atoms with Gasteiger partial charge >= 0.3 is 0 Å². The Morgan fingerprint density at radius 2 is 1.64 bits per heavy atom. The lowest BCUT2D eigenvalue weighted by Gasteiger charge is -2.17. The zero-order valence-corrected chi connectivity index (χ0v) is 15.3. The molecule has 3 aromatic rings. The molecule has 0 bridgehead atoms. The monoisotopic (exact) mass is 335 g/mol. The molecule has 5 nitrogen and oxygen atoms in total. The Kier molecular flexibility index (Phi) is 5.24. The van der Waals surface area contributed by atoms with Gasteiger partial charge in [-0.1, -0.05) is 55.8 Å². The topological polar surface area (TPSA) is 55.6 Å². The van der Waals surface area contributed by atoms with Crippen molar-refractivity contribution in [3.05, 3.63) is 59.7 Å². The fraction of sp³-hybridized carbons (Fsp3) is 0.350. The summed E-state index contributed by atoms with van der Waals surface area (Å²) in [6, 6.07) is 16.9. The summed E-state index contributed by atoms with van der Waals surface area (Å²) < 4.78 is 0. The summed E-state index contributed by atoms with van der Waals surface area (Å²) in [6.07, 6.45) is 0. The predicted octanol–water partition coefficient (Wildman–Crippen LogP) is 3.77. The molecule has 0 saturated carbocycles. The summed E-state index contributed by atoms with van der Waals surface area (Å²) in [5.41, 5.74) is 4.34. The van der Waals surface area contributed by atoms with E-state index in [1.54, 1.807) is 4.80 Å². The van der Waals surface area contributed by atoms with Crippen LogP contribution in [0.2, 0.25) is 0 Å². The molecule has 5 heteroatoms. The number of hydrogen-bond donors (Lipinski definition) is 1. The molecule has 0 aliphatic carbocycles. The molecule has 0 spiro atoms. The Morgan fingerprint density at radius 3 is 2.28 bits per heavy atom. The van der Waals surface area contributed by atoms with Gasteiger partial charge in [-0.15, -0.1) is 15.0 Å². The van der Waals surface area contributed by atoms with Crippen LogP contribution < -0.4 is 5.32 Å². The van der Waals surface area contributed by atoms with Crippen LogP contribution in [0.4, 0.5) is 0 Å². The fourth-order valence-electron chi connectivity index (χ4n) is 2.40. The lowest BCUT2D eigenvalue weighted by atomic mass is 10.1. The summed E-state index contributed by atoms with van der Waals surface area (Å²) in [5.74, 6) is 1.26. The molecule has 130 valence electrons. The van der Waals surface area contributed by atoms with Crippen molar-refractivity contribution >= 4 is 0 Å². The Hall–Kier alpha value is -2.53. The molecule has 0 radical (unpaired) electrons. The SMILES string of the molecule is Cc1ccc(-n2nnc(-c3ccc(CN[C@@H](C)C(C)C)cc3)n2)cc1. The van der Waals surface area contributed by atoms with Gasteiger partial charge < -0.3 is 5.32 Å². The predicted molar refractivity (Wildman–Crippen MR) is 100 cm³/mol. The summed E-state index contributed by atoms with van der Waals surface area (Å²) in [7, 11) is 0. The van der Waals surface area contributed by atoms with E-state index in [0.717, 1.165) is 17.8 Å². The van der Waals surface area contributed by atoms with E-state index >= 15 is 0 Å². The van der Waals surface area contributed by atoms with E-state index in [-0.39, 0.29) is 0 Å². The van der Waals surface area contributed by atoms with Gasteiger partial charge in [-0.05, 0) is 42.7 Å². The Morgan fingerprint density at radius 1 is 0.960 bits per heavy atom.